The van der Waals surface area contributed by atoms with Gasteiger partial charge >= 0.3 is 5.97 Å². The van der Waals surface area contributed by atoms with Crippen LogP contribution in [-0.2, 0) is 9.53 Å². The number of non-ortho nitro benzene ring substituents is 1. The van der Waals surface area contributed by atoms with E-state index in [-0.39, 0.29) is 11.7 Å². The molecule has 8 nitrogen and oxygen atoms in total. The summed E-state index contributed by atoms with van der Waals surface area (Å²) in [7, 11) is 0. The average Bonchev–Trinajstić information content (AvgIpc) is 3.04. The molecule has 0 spiro atoms. The van der Waals surface area contributed by atoms with E-state index in [0.717, 1.165) is 64.1 Å². The summed E-state index contributed by atoms with van der Waals surface area (Å²) in [6.45, 7) is 6.16. The van der Waals surface area contributed by atoms with Gasteiger partial charge in [-0.15, -0.1) is 5.11 Å². The van der Waals surface area contributed by atoms with Crippen LogP contribution in [0.4, 0.5) is 17.1 Å². The van der Waals surface area contributed by atoms with Crippen LogP contribution in [0.25, 0.3) is 32.7 Å². The Morgan fingerprint density at radius 3 is 2.02 bits per heavy atom. The molecule has 0 heterocycles. The Morgan fingerprint density at radius 1 is 0.750 bits per heavy atom. The predicted octanol–water partition coefficient (Wildman–Crippen LogP) is 10.0. The number of hydrogen-bond acceptors (Lipinski definition) is 7. The van der Waals surface area contributed by atoms with Gasteiger partial charge < -0.3 is 9.47 Å². The molecule has 0 N–H and O–H groups in total. The van der Waals surface area contributed by atoms with Crippen LogP contribution < -0.4 is 4.74 Å². The Hall–Kier alpha value is -5.37. The molecule has 0 aliphatic rings. The fraction of sp³-hybridized carbons (Fsp3) is 0.194. The first-order valence-corrected chi connectivity index (χ1v) is 14.6. The zero-order valence-electron chi connectivity index (χ0n) is 24.6. The van der Waals surface area contributed by atoms with Gasteiger partial charge in [-0.25, -0.2) is 4.79 Å². The van der Waals surface area contributed by atoms with Crippen molar-refractivity contribution in [1.82, 2.24) is 0 Å². The van der Waals surface area contributed by atoms with Crippen molar-refractivity contribution >= 4 is 44.6 Å². The van der Waals surface area contributed by atoms with Crippen molar-refractivity contribution in [1.29, 1.82) is 0 Å². The molecule has 5 aromatic carbocycles. The van der Waals surface area contributed by atoms with Crippen molar-refractivity contribution in [2.24, 2.45) is 10.2 Å². The van der Waals surface area contributed by atoms with Gasteiger partial charge in [0.1, 0.15) is 5.75 Å². The second-order valence-corrected chi connectivity index (χ2v) is 10.5. The SMILES string of the molecule is C=C(C)C(=O)OCCCCCCOc1ccc2ccccc2c1-c1c(N=Nc2ccc([N+](=O)[O-])cc2)ccc2ccccc12. The van der Waals surface area contributed by atoms with Crippen molar-refractivity contribution in [3.05, 3.63) is 119 Å². The van der Waals surface area contributed by atoms with Crippen LogP contribution in [0.5, 0.6) is 5.75 Å². The van der Waals surface area contributed by atoms with Crippen LogP contribution in [0.2, 0.25) is 0 Å². The van der Waals surface area contributed by atoms with Crippen molar-refractivity contribution in [2.45, 2.75) is 32.6 Å². The van der Waals surface area contributed by atoms with Crippen LogP contribution >= 0.6 is 0 Å². The molecule has 0 saturated heterocycles. The molecule has 0 unspecified atom stereocenters. The highest BCUT2D eigenvalue weighted by Crippen LogP contribution is 2.46. The van der Waals surface area contributed by atoms with Gasteiger partial charge in [-0.05, 0) is 78.4 Å². The summed E-state index contributed by atoms with van der Waals surface area (Å²) in [5.41, 5.74) is 3.42. The summed E-state index contributed by atoms with van der Waals surface area (Å²) in [6, 6.07) is 30.4. The van der Waals surface area contributed by atoms with Gasteiger partial charge in [0.05, 0.1) is 29.5 Å². The number of nitro benzene ring substituents is 1. The van der Waals surface area contributed by atoms with E-state index in [9.17, 15) is 14.9 Å². The highest BCUT2D eigenvalue weighted by molar-refractivity contribution is 6.11. The Labute approximate surface area is 255 Å². The number of hydrogen-bond donors (Lipinski definition) is 0. The average molecular weight is 588 g/mol. The minimum Gasteiger partial charge on any atom is -0.493 e. The minimum absolute atomic E-state index is 0.000831. The van der Waals surface area contributed by atoms with Gasteiger partial charge in [0.2, 0.25) is 0 Å². The number of azo groups is 1. The summed E-state index contributed by atoms with van der Waals surface area (Å²) in [6.07, 6.45) is 3.51. The third-order valence-electron chi connectivity index (χ3n) is 7.26. The number of rotatable bonds is 13. The summed E-state index contributed by atoms with van der Waals surface area (Å²) >= 11 is 0. The molecule has 0 amide bonds. The van der Waals surface area contributed by atoms with E-state index >= 15 is 0 Å². The lowest BCUT2D eigenvalue weighted by atomic mass is 9.92. The van der Waals surface area contributed by atoms with Crippen molar-refractivity contribution in [3.63, 3.8) is 0 Å². The van der Waals surface area contributed by atoms with E-state index in [2.05, 4.69) is 47.1 Å². The Morgan fingerprint density at radius 2 is 1.36 bits per heavy atom. The Bertz CT molecular complexity index is 1850. The van der Waals surface area contributed by atoms with Crippen molar-refractivity contribution < 1.29 is 19.2 Å². The summed E-state index contributed by atoms with van der Waals surface area (Å²) in [5, 5.41) is 24.3. The summed E-state index contributed by atoms with van der Waals surface area (Å²) in [5.74, 6) is 0.402. The number of ether oxygens (including phenoxy) is 2. The maximum atomic E-state index is 11.6. The van der Waals surface area contributed by atoms with E-state index in [4.69, 9.17) is 9.47 Å². The van der Waals surface area contributed by atoms with Crippen molar-refractivity contribution in [3.8, 4) is 16.9 Å². The maximum absolute atomic E-state index is 11.6. The second-order valence-electron chi connectivity index (χ2n) is 10.5. The van der Waals surface area contributed by atoms with Gasteiger partial charge in [0.15, 0.2) is 0 Å². The molecule has 0 aliphatic carbocycles. The second kappa shape index (κ2) is 14.2. The third kappa shape index (κ3) is 7.15. The molecule has 5 aromatic rings. The summed E-state index contributed by atoms with van der Waals surface area (Å²) in [4.78, 5) is 22.2. The highest BCUT2D eigenvalue weighted by atomic mass is 16.6. The molecule has 0 atom stereocenters. The lowest BCUT2D eigenvalue weighted by Gasteiger charge is -2.18. The van der Waals surface area contributed by atoms with Crippen molar-refractivity contribution in [2.75, 3.05) is 13.2 Å². The standard InChI is InChI=1S/C36H33N3O5/c1-25(2)36(40)44-24-10-4-3-9-23-43-33-22-16-27-12-6-8-14-31(27)35(33)34-30-13-7-5-11-26(30)15-21-32(34)38-37-28-17-19-29(20-18-28)39(41)42/h5-8,11-22H,1,3-4,9-10,23-24H2,2H3. The molecular weight excluding hydrogens is 554 g/mol. The monoisotopic (exact) mass is 587 g/mol. The minimum atomic E-state index is -0.438. The zero-order valence-corrected chi connectivity index (χ0v) is 24.6. The van der Waals surface area contributed by atoms with Crippen LogP contribution in [0.15, 0.2) is 119 Å². The van der Waals surface area contributed by atoms with Gasteiger partial charge in [-0.1, -0.05) is 67.2 Å². The molecule has 0 bridgehead atoms. The number of benzene rings is 5. The number of nitro groups is 1. The first-order chi connectivity index (χ1) is 21.4. The number of carbonyl (C=O) groups is 1. The predicted molar refractivity (Wildman–Crippen MR) is 174 cm³/mol. The highest BCUT2D eigenvalue weighted by Gasteiger charge is 2.18. The molecule has 8 heteroatoms. The van der Waals surface area contributed by atoms with E-state index in [1.807, 2.05) is 42.5 Å². The number of nitrogens with zero attached hydrogens (tertiary/aromatic N) is 3. The molecule has 222 valence electrons. The quantitative estimate of drug-likeness (QED) is 0.0340. The molecular formula is C36H33N3O5. The zero-order chi connectivity index (χ0) is 30.9. The Kier molecular flexibility index (Phi) is 9.71. The normalized spacial score (nSPS) is 11.2. The maximum Gasteiger partial charge on any atom is 0.333 e. The summed E-state index contributed by atoms with van der Waals surface area (Å²) < 4.78 is 11.6. The molecule has 5 rings (SSSR count). The van der Waals surface area contributed by atoms with Gasteiger partial charge in [0, 0.05) is 28.8 Å². The van der Waals surface area contributed by atoms with E-state index in [0.29, 0.717) is 30.2 Å². The van der Waals surface area contributed by atoms with Gasteiger partial charge in [0.25, 0.3) is 5.69 Å². The van der Waals surface area contributed by atoms with Crippen LogP contribution in [-0.4, -0.2) is 24.1 Å². The molecule has 0 fully saturated rings. The lowest BCUT2D eigenvalue weighted by molar-refractivity contribution is -0.384. The topological polar surface area (TPSA) is 103 Å². The molecule has 44 heavy (non-hydrogen) atoms. The van der Waals surface area contributed by atoms with Gasteiger partial charge in [-0.3, -0.25) is 10.1 Å². The Balaban J connectivity index is 1.44. The van der Waals surface area contributed by atoms with Crippen LogP contribution in [0.1, 0.15) is 32.6 Å². The molecule has 0 aliphatic heterocycles. The number of carbonyl (C=O) groups excluding carboxylic acids is 1. The van der Waals surface area contributed by atoms with Crippen LogP contribution in [0, 0.1) is 10.1 Å². The van der Waals surface area contributed by atoms with Gasteiger partial charge in [-0.2, -0.15) is 5.11 Å². The van der Waals surface area contributed by atoms with E-state index in [1.54, 1.807) is 19.1 Å². The first-order valence-electron chi connectivity index (χ1n) is 14.6. The number of unbranched alkanes of at least 4 members (excludes halogenated alkanes) is 3. The molecule has 0 saturated carbocycles. The molecule has 0 radical (unpaired) electrons. The number of fused-ring (bicyclic) bond motifs is 2. The number of esters is 1. The fourth-order valence-electron chi connectivity index (χ4n) is 5.02. The molecule has 0 aromatic heterocycles. The third-order valence-corrected chi connectivity index (χ3v) is 7.26. The lowest BCUT2D eigenvalue weighted by Crippen LogP contribution is -2.06. The van der Waals surface area contributed by atoms with E-state index < -0.39 is 4.92 Å². The van der Waals surface area contributed by atoms with E-state index in [1.165, 1.54) is 12.1 Å². The largest absolute Gasteiger partial charge is 0.493 e. The van der Waals surface area contributed by atoms with Crippen LogP contribution in [0.3, 0.4) is 0 Å². The fourth-order valence-corrected chi connectivity index (χ4v) is 5.02. The first kappa shape index (κ1) is 30.1. The smallest absolute Gasteiger partial charge is 0.333 e.